The van der Waals surface area contributed by atoms with Gasteiger partial charge in [-0.1, -0.05) is 12.1 Å². The molecule has 1 atom stereocenters. The van der Waals surface area contributed by atoms with Crippen molar-refractivity contribution >= 4 is 27.7 Å². The number of fused-ring (bicyclic) bond motifs is 5. The average Bonchev–Trinajstić information content (AvgIpc) is 3.17. The lowest BCUT2D eigenvalue weighted by molar-refractivity contribution is -0.136. The minimum atomic E-state index is -4.64. The van der Waals surface area contributed by atoms with E-state index in [-0.39, 0.29) is 23.0 Å². The highest BCUT2D eigenvalue weighted by atomic mass is 19.4. The molecule has 1 aliphatic rings. The number of rotatable bonds is 2. The molecule has 2 heterocycles. The summed E-state index contributed by atoms with van der Waals surface area (Å²) in [5.74, 6) is -0.706. The monoisotopic (exact) mass is 456 g/mol. The number of nitrogens with one attached hydrogen (secondary N) is 2. The van der Waals surface area contributed by atoms with E-state index in [1.165, 1.54) is 12.1 Å². The minimum absolute atomic E-state index is 0.165. The van der Waals surface area contributed by atoms with Crippen LogP contribution in [0.1, 0.15) is 39.2 Å². The average molecular weight is 456 g/mol. The fourth-order valence-corrected chi connectivity index (χ4v) is 4.65. The van der Waals surface area contributed by atoms with Gasteiger partial charge in [-0.25, -0.2) is 10.5 Å². The number of hydrogen-bond donors (Lipinski definition) is 4. The standard InChI is InChI=1S/C23H19F3N4O3/c1-10-18-17(29-28-10)9-16(23(24,25)26)21-19(18)14-7-6-13(31)8-15(14)20(27-21)11-2-4-12(5-3-11)22(32)30-33/h2-5,9,13,31,33H,6-8H2,1H3,(H,28,29)(H,30,32). The predicted octanol–water partition coefficient (Wildman–Crippen LogP) is 4.07. The number of carbonyl (C=O) groups excluding carboxylic acids is 1. The molecule has 0 fully saturated rings. The first-order valence-electron chi connectivity index (χ1n) is 10.3. The van der Waals surface area contributed by atoms with E-state index in [2.05, 4.69) is 15.2 Å². The number of amides is 1. The van der Waals surface area contributed by atoms with Crippen molar-refractivity contribution in [3.63, 3.8) is 0 Å². The molecular weight excluding hydrogens is 437 g/mol. The second-order valence-corrected chi connectivity index (χ2v) is 8.22. The fourth-order valence-electron chi connectivity index (χ4n) is 4.65. The van der Waals surface area contributed by atoms with E-state index < -0.39 is 23.8 Å². The summed E-state index contributed by atoms with van der Waals surface area (Å²) in [6.07, 6.45) is -4.21. The summed E-state index contributed by atoms with van der Waals surface area (Å²) in [4.78, 5) is 16.2. The number of hydroxylamine groups is 1. The maximum atomic E-state index is 14.1. The van der Waals surface area contributed by atoms with Crippen LogP contribution < -0.4 is 5.48 Å². The zero-order chi connectivity index (χ0) is 23.5. The first kappa shape index (κ1) is 21.4. The van der Waals surface area contributed by atoms with E-state index in [0.717, 1.165) is 11.6 Å². The molecule has 0 saturated heterocycles. The van der Waals surface area contributed by atoms with Crippen molar-refractivity contribution in [3.8, 4) is 11.3 Å². The van der Waals surface area contributed by atoms with Crippen LogP contribution >= 0.6 is 0 Å². The number of aromatic nitrogens is 3. The third-order valence-corrected chi connectivity index (χ3v) is 6.17. The van der Waals surface area contributed by atoms with Crippen molar-refractivity contribution in [2.75, 3.05) is 0 Å². The van der Waals surface area contributed by atoms with Crippen molar-refractivity contribution in [1.29, 1.82) is 0 Å². The fraction of sp³-hybridized carbons (Fsp3) is 0.261. The van der Waals surface area contributed by atoms with E-state index in [1.54, 1.807) is 24.5 Å². The highest BCUT2D eigenvalue weighted by Crippen LogP contribution is 2.43. The number of aliphatic hydroxyl groups is 1. The number of halogens is 3. The van der Waals surface area contributed by atoms with Crippen molar-refractivity contribution < 1.29 is 28.3 Å². The molecule has 2 aromatic heterocycles. The van der Waals surface area contributed by atoms with Gasteiger partial charge in [-0.05, 0) is 49.1 Å². The molecule has 0 spiro atoms. The van der Waals surface area contributed by atoms with Gasteiger partial charge in [0.05, 0.1) is 28.4 Å². The largest absolute Gasteiger partial charge is 0.418 e. The number of nitrogens with zero attached hydrogens (tertiary/aromatic N) is 2. The molecular formula is C23H19F3N4O3. The van der Waals surface area contributed by atoms with Crippen LogP contribution in [0.5, 0.6) is 0 Å². The topological polar surface area (TPSA) is 111 Å². The molecule has 5 rings (SSSR count). The highest BCUT2D eigenvalue weighted by molar-refractivity contribution is 6.10. The quantitative estimate of drug-likeness (QED) is 0.268. The van der Waals surface area contributed by atoms with Crippen LogP contribution in [-0.4, -0.2) is 37.5 Å². The van der Waals surface area contributed by atoms with Gasteiger partial charge < -0.3 is 5.11 Å². The van der Waals surface area contributed by atoms with Crippen LogP contribution in [0.2, 0.25) is 0 Å². The molecule has 10 heteroatoms. The summed E-state index contributed by atoms with van der Waals surface area (Å²) >= 11 is 0. The molecule has 33 heavy (non-hydrogen) atoms. The zero-order valence-corrected chi connectivity index (χ0v) is 17.4. The third-order valence-electron chi connectivity index (χ3n) is 6.17. The summed E-state index contributed by atoms with van der Waals surface area (Å²) in [6.45, 7) is 1.75. The normalized spacial score (nSPS) is 16.2. The lowest BCUT2D eigenvalue weighted by atomic mass is 9.83. The van der Waals surface area contributed by atoms with Crippen LogP contribution in [-0.2, 0) is 19.0 Å². The second kappa shape index (κ2) is 7.53. The number of benzene rings is 2. The van der Waals surface area contributed by atoms with Crippen LogP contribution in [0.25, 0.3) is 33.1 Å². The first-order chi connectivity index (χ1) is 15.7. The highest BCUT2D eigenvalue weighted by Gasteiger charge is 2.36. The number of carbonyl (C=O) groups is 1. The van der Waals surface area contributed by atoms with Gasteiger partial charge >= 0.3 is 6.18 Å². The van der Waals surface area contributed by atoms with E-state index in [0.29, 0.717) is 46.1 Å². The lowest BCUT2D eigenvalue weighted by Crippen LogP contribution is -2.21. The van der Waals surface area contributed by atoms with Crippen molar-refractivity contribution in [2.45, 2.75) is 38.5 Å². The smallest absolute Gasteiger partial charge is 0.393 e. The Morgan fingerprint density at radius 2 is 1.91 bits per heavy atom. The zero-order valence-electron chi connectivity index (χ0n) is 17.4. The summed E-state index contributed by atoms with van der Waals surface area (Å²) in [5.41, 5.74) is 3.79. The van der Waals surface area contributed by atoms with Crippen LogP contribution in [0, 0.1) is 6.92 Å². The predicted molar refractivity (Wildman–Crippen MR) is 114 cm³/mol. The first-order valence-corrected chi connectivity index (χ1v) is 10.3. The van der Waals surface area contributed by atoms with Gasteiger partial charge in [-0.2, -0.15) is 18.3 Å². The summed E-state index contributed by atoms with van der Waals surface area (Å²) in [7, 11) is 0. The van der Waals surface area contributed by atoms with E-state index >= 15 is 0 Å². The van der Waals surface area contributed by atoms with Crippen LogP contribution in [0.3, 0.4) is 0 Å². The Labute approximate surface area is 185 Å². The maximum absolute atomic E-state index is 14.1. The van der Waals surface area contributed by atoms with Gasteiger partial charge in [-0.3, -0.25) is 15.1 Å². The van der Waals surface area contributed by atoms with Gasteiger partial charge in [0.2, 0.25) is 0 Å². The Bertz CT molecular complexity index is 1410. The number of pyridine rings is 1. The summed E-state index contributed by atoms with van der Waals surface area (Å²) in [5, 5.41) is 27.0. The molecule has 0 aliphatic heterocycles. The molecule has 170 valence electrons. The number of aliphatic hydroxyl groups excluding tert-OH is 1. The number of hydrogen-bond acceptors (Lipinski definition) is 5. The Morgan fingerprint density at radius 1 is 1.18 bits per heavy atom. The molecule has 4 aromatic rings. The molecule has 1 amide bonds. The molecule has 0 saturated carbocycles. The molecule has 7 nitrogen and oxygen atoms in total. The molecule has 0 radical (unpaired) electrons. The van der Waals surface area contributed by atoms with Crippen molar-refractivity contribution in [3.05, 3.63) is 58.3 Å². The molecule has 4 N–H and O–H groups in total. The molecule has 1 aliphatic carbocycles. The maximum Gasteiger partial charge on any atom is 0.418 e. The van der Waals surface area contributed by atoms with Gasteiger partial charge in [0, 0.05) is 34.0 Å². The van der Waals surface area contributed by atoms with Gasteiger partial charge in [0.25, 0.3) is 5.91 Å². The van der Waals surface area contributed by atoms with E-state index in [4.69, 9.17) is 5.21 Å². The number of aromatic amines is 1. The Hall–Kier alpha value is -3.50. The SMILES string of the molecule is Cc1[nH]nc2cc(C(F)(F)F)c3nc(-c4ccc(C(=O)NO)cc4)c4c(c3c12)CCC(O)C4. The number of aryl methyl sites for hydroxylation is 2. The third kappa shape index (κ3) is 3.42. The minimum Gasteiger partial charge on any atom is -0.393 e. The van der Waals surface area contributed by atoms with Gasteiger partial charge in [0.15, 0.2) is 0 Å². The number of alkyl halides is 3. The Morgan fingerprint density at radius 3 is 2.58 bits per heavy atom. The van der Waals surface area contributed by atoms with Crippen molar-refractivity contribution in [2.24, 2.45) is 0 Å². The molecule has 1 unspecified atom stereocenters. The van der Waals surface area contributed by atoms with E-state index in [1.807, 2.05) is 0 Å². The molecule has 2 aromatic carbocycles. The number of H-pyrrole nitrogens is 1. The Kier molecular flexibility index (Phi) is 4.87. The summed E-state index contributed by atoms with van der Waals surface area (Å²) in [6, 6.07) is 7.04. The second-order valence-electron chi connectivity index (χ2n) is 8.22. The van der Waals surface area contributed by atoms with Gasteiger partial charge in [-0.15, -0.1) is 0 Å². The van der Waals surface area contributed by atoms with Crippen LogP contribution in [0.4, 0.5) is 13.2 Å². The summed E-state index contributed by atoms with van der Waals surface area (Å²) < 4.78 is 42.2. The van der Waals surface area contributed by atoms with Crippen LogP contribution in [0.15, 0.2) is 30.3 Å². The van der Waals surface area contributed by atoms with Gasteiger partial charge in [0.1, 0.15) is 0 Å². The Balaban J connectivity index is 1.88. The molecule has 0 bridgehead atoms. The van der Waals surface area contributed by atoms with E-state index in [9.17, 15) is 23.1 Å². The lowest BCUT2D eigenvalue weighted by Gasteiger charge is -2.26. The van der Waals surface area contributed by atoms with Crippen molar-refractivity contribution in [1.82, 2.24) is 20.7 Å².